The summed E-state index contributed by atoms with van der Waals surface area (Å²) in [5.41, 5.74) is 0. The number of aliphatic hydroxyl groups is 1. The zero-order valence-electron chi connectivity index (χ0n) is 22.9. The van der Waals surface area contributed by atoms with Gasteiger partial charge in [-0.3, -0.25) is 0 Å². The molecule has 0 unspecified atom stereocenters. The topological polar surface area (TPSA) is 49.7 Å². The first-order valence-corrected chi connectivity index (χ1v) is 16.5. The third kappa shape index (κ3) is 14.0. The van der Waals surface area contributed by atoms with Crippen LogP contribution in [-0.4, -0.2) is 28.8 Å². The predicted octanol–water partition coefficient (Wildman–Crippen LogP) is 11.2. The molecule has 0 spiro atoms. The summed E-state index contributed by atoms with van der Waals surface area (Å²) in [6.07, 6.45) is 11.0. The lowest BCUT2D eigenvalue weighted by Crippen LogP contribution is -1.97. The van der Waals surface area contributed by atoms with Gasteiger partial charge in [0.25, 0.3) is 0 Å². The number of hydrogen-bond donors (Lipinski definition) is 2. The maximum absolute atomic E-state index is 9.19. The predicted molar refractivity (Wildman–Crippen MR) is 179 cm³/mol. The Hall–Kier alpha value is -1.60. The van der Waals surface area contributed by atoms with Crippen molar-refractivity contribution < 1.29 is 14.9 Å². The van der Waals surface area contributed by atoms with Crippen molar-refractivity contribution >= 4 is 69.3 Å². The molecule has 0 atom stereocenters. The monoisotopic (exact) mass is 722 g/mol. The fraction of sp³-hybridized carbons (Fsp3) is 0.394. The smallest absolute Gasteiger partial charge is 0.119 e. The Morgan fingerprint density at radius 3 is 1.79 bits per heavy atom. The largest absolute Gasteiger partial charge is 0.508 e. The molecule has 0 fully saturated rings. The fourth-order valence-electron chi connectivity index (χ4n) is 3.94. The number of ether oxygens (including phenoxy) is 1. The van der Waals surface area contributed by atoms with Crippen LogP contribution in [-0.2, 0) is 0 Å². The van der Waals surface area contributed by atoms with Gasteiger partial charge in [0.15, 0.2) is 0 Å². The Labute approximate surface area is 259 Å². The maximum atomic E-state index is 9.19. The Kier molecular flexibility index (Phi) is 17.5. The number of phenolic OH excluding ortho intramolecular Hbond substituents is 1. The summed E-state index contributed by atoms with van der Waals surface area (Å²) < 4.78 is 7.98. The van der Waals surface area contributed by atoms with Gasteiger partial charge < -0.3 is 14.9 Å². The first-order valence-electron chi connectivity index (χ1n) is 13.8. The van der Waals surface area contributed by atoms with Gasteiger partial charge in [-0.15, -0.1) is 0 Å². The first-order chi connectivity index (χ1) is 19.0. The van der Waals surface area contributed by atoms with E-state index < -0.39 is 0 Å². The Morgan fingerprint density at radius 2 is 1.15 bits per heavy atom. The van der Waals surface area contributed by atoms with E-state index in [1.54, 1.807) is 12.1 Å². The summed E-state index contributed by atoms with van der Waals surface area (Å²) in [4.78, 5) is 0. The van der Waals surface area contributed by atoms with Crippen molar-refractivity contribution in [3.63, 3.8) is 0 Å². The fourth-order valence-corrected chi connectivity index (χ4v) is 5.10. The SMILES string of the molecule is CCCCCCCOc1ccc2cc(Br)ccc2c1.OCCCCCCBr.Oc1ccc2cc(Br)ccc2c1. The molecule has 0 bridgehead atoms. The normalized spacial score (nSPS) is 10.5. The third-order valence-electron chi connectivity index (χ3n) is 6.12. The molecule has 6 heteroatoms. The third-order valence-corrected chi connectivity index (χ3v) is 7.67. The van der Waals surface area contributed by atoms with Crippen molar-refractivity contribution in [2.24, 2.45) is 0 Å². The van der Waals surface area contributed by atoms with E-state index in [9.17, 15) is 5.11 Å². The highest BCUT2D eigenvalue weighted by atomic mass is 79.9. The minimum absolute atomic E-state index is 0.310. The molecule has 2 N–H and O–H groups in total. The number of alkyl halides is 1. The quantitative estimate of drug-likeness (QED) is 0.113. The van der Waals surface area contributed by atoms with Crippen LogP contribution in [0.15, 0.2) is 81.7 Å². The number of halogens is 3. The van der Waals surface area contributed by atoms with Crippen molar-refractivity contribution in [2.75, 3.05) is 18.5 Å². The highest BCUT2D eigenvalue weighted by Gasteiger charge is 1.99. The van der Waals surface area contributed by atoms with E-state index in [4.69, 9.17) is 9.84 Å². The van der Waals surface area contributed by atoms with Crippen molar-refractivity contribution in [3.8, 4) is 11.5 Å². The Morgan fingerprint density at radius 1 is 0.615 bits per heavy atom. The lowest BCUT2D eigenvalue weighted by Gasteiger charge is -2.07. The van der Waals surface area contributed by atoms with Crippen LogP contribution in [0.5, 0.6) is 11.5 Å². The van der Waals surface area contributed by atoms with E-state index in [0.717, 1.165) is 50.2 Å². The second-order valence-corrected chi connectivity index (χ2v) is 12.0. The lowest BCUT2D eigenvalue weighted by molar-refractivity contribution is 0.283. The average Bonchev–Trinajstić information content (AvgIpc) is 2.94. The van der Waals surface area contributed by atoms with Gasteiger partial charge in [0.2, 0.25) is 0 Å². The van der Waals surface area contributed by atoms with Crippen LogP contribution in [0.3, 0.4) is 0 Å². The highest BCUT2D eigenvalue weighted by Crippen LogP contribution is 2.25. The first kappa shape index (κ1) is 33.6. The molecule has 0 amide bonds. The van der Waals surface area contributed by atoms with Gasteiger partial charge in [0, 0.05) is 20.9 Å². The van der Waals surface area contributed by atoms with Gasteiger partial charge in [0.05, 0.1) is 6.61 Å². The van der Waals surface area contributed by atoms with Crippen molar-refractivity contribution in [3.05, 3.63) is 81.7 Å². The van der Waals surface area contributed by atoms with Gasteiger partial charge in [-0.1, -0.05) is 118 Å². The van der Waals surface area contributed by atoms with Crippen LogP contribution < -0.4 is 4.74 Å². The number of aliphatic hydroxyl groups excluding tert-OH is 1. The zero-order valence-corrected chi connectivity index (χ0v) is 27.6. The van der Waals surface area contributed by atoms with Gasteiger partial charge in [-0.25, -0.2) is 0 Å². The minimum atomic E-state index is 0.310. The lowest BCUT2D eigenvalue weighted by atomic mass is 10.1. The molecule has 39 heavy (non-hydrogen) atoms. The standard InChI is InChI=1S/C17H21BrO.C10H7BrO.C6H13BrO/c1-2-3-4-5-6-11-19-17-10-8-14-12-16(18)9-7-15(14)13-17;11-9-3-1-8-6-10(12)4-2-7(8)5-9;7-5-3-1-2-4-6-8/h7-10,12-13H,2-6,11H2,1H3;1-6,12H;8H,1-6H2. The molecule has 0 aliphatic carbocycles. The summed E-state index contributed by atoms with van der Waals surface area (Å²) in [5, 5.41) is 23.3. The molecule has 212 valence electrons. The van der Waals surface area contributed by atoms with Gasteiger partial charge in [0.1, 0.15) is 11.5 Å². The minimum Gasteiger partial charge on any atom is -0.508 e. The number of unbranched alkanes of at least 4 members (excludes halogenated alkanes) is 7. The number of fused-ring (bicyclic) bond motifs is 2. The van der Waals surface area contributed by atoms with Crippen LogP contribution in [0.2, 0.25) is 0 Å². The molecule has 4 aromatic rings. The molecule has 4 aromatic carbocycles. The van der Waals surface area contributed by atoms with E-state index in [0.29, 0.717) is 12.4 Å². The van der Waals surface area contributed by atoms with Gasteiger partial charge >= 0.3 is 0 Å². The van der Waals surface area contributed by atoms with Gasteiger partial charge in [-0.05, 0) is 89.3 Å². The van der Waals surface area contributed by atoms with E-state index in [1.165, 1.54) is 55.7 Å². The molecule has 4 rings (SSSR count). The molecule has 0 aliphatic rings. The molecule has 0 heterocycles. The zero-order chi connectivity index (χ0) is 28.3. The van der Waals surface area contributed by atoms with Crippen molar-refractivity contribution in [2.45, 2.75) is 64.7 Å². The number of benzene rings is 4. The number of phenols is 1. The summed E-state index contributed by atoms with van der Waals surface area (Å²) >= 11 is 10.2. The Bertz CT molecular complexity index is 1180. The molecular formula is C33H41Br3O3. The Balaban J connectivity index is 0.000000228. The summed E-state index contributed by atoms with van der Waals surface area (Å²) in [5.74, 6) is 1.29. The van der Waals surface area contributed by atoms with Crippen LogP contribution in [0.25, 0.3) is 21.5 Å². The van der Waals surface area contributed by atoms with E-state index >= 15 is 0 Å². The maximum Gasteiger partial charge on any atom is 0.119 e. The molecule has 0 saturated carbocycles. The van der Waals surface area contributed by atoms with Gasteiger partial charge in [-0.2, -0.15) is 0 Å². The summed E-state index contributed by atoms with van der Waals surface area (Å²) in [6, 6.07) is 23.9. The summed E-state index contributed by atoms with van der Waals surface area (Å²) in [7, 11) is 0. The molecule has 0 saturated heterocycles. The van der Waals surface area contributed by atoms with Crippen molar-refractivity contribution in [1.29, 1.82) is 0 Å². The van der Waals surface area contributed by atoms with Crippen LogP contribution in [0.4, 0.5) is 0 Å². The number of rotatable bonds is 12. The highest BCUT2D eigenvalue weighted by molar-refractivity contribution is 9.10. The van der Waals surface area contributed by atoms with E-state index in [2.05, 4.69) is 91.1 Å². The molecule has 3 nitrogen and oxygen atoms in total. The molecular weight excluding hydrogens is 684 g/mol. The molecule has 0 radical (unpaired) electrons. The second-order valence-electron chi connectivity index (χ2n) is 9.42. The van der Waals surface area contributed by atoms with Crippen molar-refractivity contribution in [1.82, 2.24) is 0 Å². The average molecular weight is 725 g/mol. The van der Waals surface area contributed by atoms with Crippen LogP contribution >= 0.6 is 47.8 Å². The number of hydrogen-bond acceptors (Lipinski definition) is 3. The van der Waals surface area contributed by atoms with Crippen LogP contribution in [0, 0.1) is 0 Å². The second kappa shape index (κ2) is 20.3. The summed E-state index contributed by atoms with van der Waals surface area (Å²) in [6.45, 7) is 3.41. The number of aromatic hydroxyl groups is 1. The van der Waals surface area contributed by atoms with E-state index in [1.807, 2.05) is 24.3 Å². The molecule has 0 aromatic heterocycles. The molecule has 0 aliphatic heterocycles. The van der Waals surface area contributed by atoms with E-state index in [-0.39, 0.29) is 0 Å². The van der Waals surface area contributed by atoms with Crippen LogP contribution in [0.1, 0.15) is 64.7 Å².